The van der Waals surface area contributed by atoms with Crippen LogP contribution in [-0.2, 0) is 11.3 Å². The Bertz CT molecular complexity index is 612. The van der Waals surface area contributed by atoms with E-state index in [1.165, 1.54) is 46.5 Å². The Balaban J connectivity index is 1.45. The van der Waals surface area contributed by atoms with Crippen LogP contribution >= 0.6 is 11.3 Å². The van der Waals surface area contributed by atoms with Gasteiger partial charge in [0.1, 0.15) is 0 Å². The molecule has 20 heavy (non-hydrogen) atoms. The fourth-order valence-corrected chi connectivity index (χ4v) is 4.54. The SMILES string of the molecule is [11CH3]c1ccc2sc(CO[C@@H]3CN4CCC3CC4)cc2c1. The zero-order chi connectivity index (χ0) is 13.5. The van der Waals surface area contributed by atoms with Crippen molar-refractivity contribution in [2.24, 2.45) is 5.92 Å². The summed E-state index contributed by atoms with van der Waals surface area (Å²) in [5, 5.41) is 1.36. The summed E-state index contributed by atoms with van der Waals surface area (Å²) in [6.45, 7) is 6.65. The molecule has 0 unspecified atom stereocenters. The molecule has 0 N–H and O–H groups in total. The van der Waals surface area contributed by atoms with Gasteiger partial charge in [-0.1, -0.05) is 17.7 Å². The van der Waals surface area contributed by atoms with Crippen LogP contribution in [0.2, 0.25) is 0 Å². The van der Waals surface area contributed by atoms with Gasteiger partial charge in [-0.25, -0.2) is 0 Å². The van der Waals surface area contributed by atoms with Crippen LogP contribution in [0.5, 0.6) is 0 Å². The third-order valence-electron chi connectivity index (χ3n) is 4.76. The van der Waals surface area contributed by atoms with E-state index in [1.54, 1.807) is 0 Å². The van der Waals surface area contributed by atoms with Crippen LogP contribution in [0, 0.1) is 12.8 Å². The van der Waals surface area contributed by atoms with Crippen molar-refractivity contribution < 1.29 is 4.74 Å². The standard InChI is InChI=1S/C17H21NOS/c1-12-2-3-17-14(8-12)9-15(20-17)11-19-16-10-18-6-4-13(16)5-7-18/h2-3,8-9,13,16H,4-7,10-11H2,1H3/t16-/m1/s1/i1-1. The molecule has 0 amide bonds. The highest BCUT2D eigenvalue weighted by molar-refractivity contribution is 7.19. The highest BCUT2D eigenvalue weighted by atomic mass is 32.1. The van der Waals surface area contributed by atoms with Gasteiger partial charge in [0.25, 0.3) is 0 Å². The molecule has 2 bridgehead atoms. The maximum absolute atomic E-state index is 6.23. The van der Waals surface area contributed by atoms with Gasteiger partial charge in [0.05, 0.1) is 12.7 Å². The molecule has 0 spiro atoms. The Morgan fingerprint density at radius 2 is 2.10 bits per heavy atom. The summed E-state index contributed by atoms with van der Waals surface area (Å²) in [7, 11) is 0. The van der Waals surface area contributed by atoms with Gasteiger partial charge in [-0.3, -0.25) is 0 Å². The van der Waals surface area contributed by atoms with Crippen molar-refractivity contribution in [3.8, 4) is 0 Å². The van der Waals surface area contributed by atoms with Gasteiger partial charge >= 0.3 is 0 Å². The fraction of sp³-hybridized carbons (Fsp3) is 0.529. The Hall–Kier alpha value is -0.900. The maximum Gasteiger partial charge on any atom is 0.0814 e. The number of hydrogen-bond donors (Lipinski definition) is 0. The molecule has 5 rings (SSSR count). The van der Waals surface area contributed by atoms with E-state index in [4.69, 9.17) is 4.74 Å². The summed E-state index contributed by atoms with van der Waals surface area (Å²) in [5.41, 5.74) is 1.33. The molecule has 2 aromatic rings. The van der Waals surface area contributed by atoms with Crippen LogP contribution in [0.25, 0.3) is 10.1 Å². The second kappa shape index (κ2) is 5.14. The van der Waals surface area contributed by atoms with E-state index in [0.717, 1.165) is 19.1 Å². The minimum atomic E-state index is 0.462. The molecule has 2 nitrogen and oxygen atoms in total. The normalized spacial score (nSPS) is 29.1. The van der Waals surface area contributed by atoms with Crippen molar-refractivity contribution in [3.05, 3.63) is 34.7 Å². The van der Waals surface area contributed by atoms with Crippen molar-refractivity contribution in [2.45, 2.75) is 32.5 Å². The van der Waals surface area contributed by atoms with E-state index >= 15 is 0 Å². The van der Waals surface area contributed by atoms with Crippen molar-refractivity contribution in [1.82, 2.24) is 4.90 Å². The smallest absolute Gasteiger partial charge is 0.0814 e. The molecule has 3 heteroatoms. The van der Waals surface area contributed by atoms with Crippen molar-refractivity contribution in [3.63, 3.8) is 0 Å². The molecular formula is C17H21NOS. The van der Waals surface area contributed by atoms with E-state index in [1.807, 2.05) is 11.3 Å². The quantitative estimate of drug-likeness (QED) is 0.850. The van der Waals surface area contributed by atoms with E-state index in [9.17, 15) is 0 Å². The third-order valence-corrected chi connectivity index (χ3v) is 5.85. The lowest BCUT2D eigenvalue weighted by molar-refractivity contribution is -0.0758. The molecule has 3 saturated heterocycles. The molecule has 3 aliphatic heterocycles. The lowest BCUT2D eigenvalue weighted by Gasteiger charge is -2.44. The molecule has 1 atom stereocenters. The molecule has 0 saturated carbocycles. The largest absolute Gasteiger partial charge is 0.371 e. The average Bonchev–Trinajstić information content (AvgIpc) is 2.88. The minimum absolute atomic E-state index is 0.462. The summed E-state index contributed by atoms with van der Waals surface area (Å²) in [6, 6.07) is 8.99. The Kier molecular flexibility index (Phi) is 3.29. The number of hydrogen-bond acceptors (Lipinski definition) is 3. The van der Waals surface area contributed by atoms with Gasteiger partial charge in [0.15, 0.2) is 0 Å². The molecule has 0 aliphatic carbocycles. The lowest BCUT2D eigenvalue weighted by atomic mass is 9.86. The summed E-state index contributed by atoms with van der Waals surface area (Å²) < 4.78 is 7.61. The van der Waals surface area contributed by atoms with Crippen LogP contribution in [-0.4, -0.2) is 30.6 Å². The Labute approximate surface area is 124 Å². The van der Waals surface area contributed by atoms with Gasteiger partial charge in [0, 0.05) is 16.1 Å². The van der Waals surface area contributed by atoms with Gasteiger partial charge in [-0.2, -0.15) is 0 Å². The van der Waals surface area contributed by atoms with E-state index in [2.05, 4.69) is 36.1 Å². The molecule has 3 aliphatic rings. The number of piperidine rings is 3. The van der Waals surface area contributed by atoms with Crippen LogP contribution in [0.4, 0.5) is 0 Å². The first-order valence-electron chi connectivity index (χ1n) is 7.61. The third kappa shape index (κ3) is 2.39. The average molecular weight is 286 g/mol. The minimum Gasteiger partial charge on any atom is -0.371 e. The highest BCUT2D eigenvalue weighted by Crippen LogP contribution is 2.32. The predicted octanol–water partition coefficient (Wildman–Crippen LogP) is 3.82. The number of fused-ring (bicyclic) bond motifs is 4. The first-order chi connectivity index (χ1) is 9.78. The van der Waals surface area contributed by atoms with Crippen molar-refractivity contribution >= 4 is 21.4 Å². The second-order valence-electron chi connectivity index (χ2n) is 6.24. The van der Waals surface area contributed by atoms with Crippen LogP contribution in [0.15, 0.2) is 24.3 Å². The monoisotopic (exact) mass is 286 g/mol. The molecular weight excluding hydrogens is 265 g/mol. The van der Waals surface area contributed by atoms with Crippen LogP contribution in [0.3, 0.4) is 0 Å². The van der Waals surface area contributed by atoms with E-state index in [-0.39, 0.29) is 0 Å². The van der Waals surface area contributed by atoms with Gasteiger partial charge in [-0.05, 0) is 56.3 Å². The predicted molar refractivity (Wildman–Crippen MR) is 84.3 cm³/mol. The molecule has 1 aromatic heterocycles. The molecule has 106 valence electrons. The maximum atomic E-state index is 6.23. The van der Waals surface area contributed by atoms with Crippen molar-refractivity contribution in [1.29, 1.82) is 0 Å². The van der Waals surface area contributed by atoms with Crippen LogP contribution in [0.1, 0.15) is 23.3 Å². The summed E-state index contributed by atoms with van der Waals surface area (Å²) in [4.78, 5) is 3.92. The molecule has 3 fully saturated rings. The van der Waals surface area contributed by atoms with E-state index in [0.29, 0.717) is 6.10 Å². The van der Waals surface area contributed by atoms with Gasteiger partial charge in [0.2, 0.25) is 0 Å². The number of nitrogens with zero attached hydrogens (tertiary/aromatic N) is 1. The highest BCUT2D eigenvalue weighted by Gasteiger charge is 2.34. The fourth-order valence-electron chi connectivity index (χ4n) is 3.58. The van der Waals surface area contributed by atoms with Crippen molar-refractivity contribution in [2.75, 3.05) is 19.6 Å². The first kappa shape index (κ1) is 12.8. The van der Waals surface area contributed by atoms with E-state index < -0.39 is 0 Å². The number of thiophene rings is 1. The summed E-state index contributed by atoms with van der Waals surface area (Å²) in [5.74, 6) is 0.802. The Morgan fingerprint density at radius 1 is 1.25 bits per heavy atom. The van der Waals surface area contributed by atoms with Gasteiger partial charge < -0.3 is 9.64 Å². The second-order valence-corrected chi connectivity index (χ2v) is 7.41. The molecule has 4 heterocycles. The zero-order valence-electron chi connectivity index (χ0n) is 12.0. The molecule has 1 aromatic carbocycles. The molecule has 0 radical (unpaired) electrons. The number of aryl methyl sites for hydroxylation is 1. The number of rotatable bonds is 3. The summed E-state index contributed by atoms with van der Waals surface area (Å²) >= 11 is 1.88. The lowest BCUT2D eigenvalue weighted by Crippen LogP contribution is -2.51. The van der Waals surface area contributed by atoms with Crippen LogP contribution < -0.4 is 0 Å². The number of ether oxygens (including phenoxy) is 1. The first-order valence-corrected chi connectivity index (χ1v) is 8.42. The zero-order valence-corrected chi connectivity index (χ0v) is 12.8. The topological polar surface area (TPSA) is 12.5 Å². The number of benzene rings is 1. The Morgan fingerprint density at radius 3 is 2.85 bits per heavy atom. The summed E-state index contributed by atoms with van der Waals surface area (Å²) in [6.07, 6.45) is 3.12. The van der Waals surface area contributed by atoms with Gasteiger partial charge in [-0.15, -0.1) is 11.3 Å².